The van der Waals surface area contributed by atoms with E-state index in [0.29, 0.717) is 37.0 Å². The highest BCUT2D eigenvalue weighted by Gasteiger charge is 2.40. The van der Waals surface area contributed by atoms with Crippen molar-refractivity contribution in [1.29, 1.82) is 0 Å². The minimum Gasteiger partial charge on any atom is -0.396 e. The van der Waals surface area contributed by atoms with Crippen LogP contribution < -0.4 is 4.90 Å². The number of aliphatic hydroxyl groups excluding tert-OH is 1. The Balaban J connectivity index is 1.64. The van der Waals surface area contributed by atoms with Crippen LogP contribution in [-0.2, 0) is 4.74 Å². The molecule has 1 aromatic rings. The molecule has 2 saturated heterocycles. The summed E-state index contributed by atoms with van der Waals surface area (Å²) in [6.07, 6.45) is 0. The van der Waals surface area contributed by atoms with Gasteiger partial charge in [-0.3, -0.25) is 15.0 Å². The van der Waals surface area contributed by atoms with Crippen LogP contribution in [0.25, 0.3) is 0 Å². The van der Waals surface area contributed by atoms with Gasteiger partial charge in [-0.25, -0.2) is 0 Å². The molecule has 0 aromatic heterocycles. The third-order valence-electron chi connectivity index (χ3n) is 4.56. The highest BCUT2D eigenvalue weighted by Crippen LogP contribution is 2.33. The molecule has 0 saturated carbocycles. The Morgan fingerprint density at radius 2 is 2.00 bits per heavy atom. The van der Waals surface area contributed by atoms with E-state index in [1.165, 1.54) is 6.07 Å². The minimum absolute atomic E-state index is 0.0465. The normalized spacial score (nSPS) is 21.0. The number of benzene rings is 1. The highest BCUT2D eigenvalue weighted by atomic mass is 35.5. The molecular weight excluding hydrogens is 322 g/mol. The second-order valence-corrected chi connectivity index (χ2v) is 6.74. The van der Waals surface area contributed by atoms with Crippen LogP contribution in [0.5, 0.6) is 0 Å². The SMILES string of the molecule is O=[N+]([O-])c1cc(Cl)ccc1N1CCN(CC2(CO)COC2)CC1. The average Bonchev–Trinajstić information content (AvgIpc) is 2.51. The smallest absolute Gasteiger partial charge is 0.294 e. The van der Waals surface area contributed by atoms with Gasteiger partial charge in [-0.1, -0.05) is 11.6 Å². The monoisotopic (exact) mass is 341 g/mol. The van der Waals surface area contributed by atoms with Gasteiger partial charge in [0.25, 0.3) is 5.69 Å². The quantitative estimate of drug-likeness (QED) is 0.644. The van der Waals surface area contributed by atoms with Crippen molar-refractivity contribution in [3.8, 4) is 0 Å². The second-order valence-electron chi connectivity index (χ2n) is 6.30. The fraction of sp³-hybridized carbons (Fsp3) is 0.600. The largest absolute Gasteiger partial charge is 0.396 e. The van der Waals surface area contributed by atoms with E-state index in [9.17, 15) is 15.2 Å². The Kier molecular flexibility index (Phi) is 4.72. The lowest BCUT2D eigenvalue weighted by molar-refractivity contribution is -0.384. The van der Waals surface area contributed by atoms with Crippen LogP contribution >= 0.6 is 11.6 Å². The number of nitro benzene ring substituents is 1. The van der Waals surface area contributed by atoms with Crippen LogP contribution in [-0.4, -0.2) is 67.5 Å². The molecule has 7 nitrogen and oxygen atoms in total. The van der Waals surface area contributed by atoms with Crippen LogP contribution in [0, 0.1) is 15.5 Å². The topological polar surface area (TPSA) is 79.1 Å². The Labute approximate surface area is 139 Å². The third kappa shape index (κ3) is 3.42. The van der Waals surface area contributed by atoms with Gasteiger partial charge in [0.2, 0.25) is 0 Å². The molecule has 126 valence electrons. The summed E-state index contributed by atoms with van der Waals surface area (Å²) in [5.74, 6) is 0. The first-order chi connectivity index (χ1) is 11.0. The first-order valence-corrected chi connectivity index (χ1v) is 8.01. The summed E-state index contributed by atoms with van der Waals surface area (Å²) in [7, 11) is 0. The number of nitrogens with zero attached hydrogens (tertiary/aromatic N) is 3. The molecular formula is C15H20ClN3O4. The van der Waals surface area contributed by atoms with E-state index in [1.807, 2.05) is 4.90 Å². The molecule has 2 aliphatic rings. The van der Waals surface area contributed by atoms with E-state index in [4.69, 9.17) is 16.3 Å². The number of anilines is 1. The Morgan fingerprint density at radius 3 is 2.52 bits per heavy atom. The lowest BCUT2D eigenvalue weighted by atomic mass is 9.86. The number of hydrogen-bond donors (Lipinski definition) is 1. The van der Waals surface area contributed by atoms with Crippen LogP contribution in [0.15, 0.2) is 18.2 Å². The van der Waals surface area contributed by atoms with Crippen molar-refractivity contribution in [2.75, 3.05) is 57.4 Å². The molecule has 8 heteroatoms. The number of halogens is 1. The van der Waals surface area contributed by atoms with Gasteiger partial charge in [0.1, 0.15) is 5.69 Å². The number of aliphatic hydroxyl groups is 1. The van der Waals surface area contributed by atoms with Crippen molar-refractivity contribution in [3.63, 3.8) is 0 Å². The number of ether oxygens (including phenoxy) is 1. The summed E-state index contributed by atoms with van der Waals surface area (Å²) in [4.78, 5) is 15.1. The molecule has 0 radical (unpaired) electrons. The zero-order valence-electron chi connectivity index (χ0n) is 12.8. The van der Waals surface area contributed by atoms with E-state index < -0.39 is 0 Å². The van der Waals surface area contributed by atoms with E-state index in [2.05, 4.69) is 4.90 Å². The first kappa shape index (κ1) is 16.4. The Hall–Kier alpha value is -1.41. The highest BCUT2D eigenvalue weighted by molar-refractivity contribution is 6.30. The molecule has 0 bridgehead atoms. The van der Waals surface area contributed by atoms with Crippen molar-refractivity contribution in [2.24, 2.45) is 5.41 Å². The molecule has 0 unspecified atom stereocenters. The molecule has 2 fully saturated rings. The van der Waals surface area contributed by atoms with Crippen LogP contribution in [0.4, 0.5) is 11.4 Å². The Bertz CT molecular complexity index is 581. The zero-order chi connectivity index (χ0) is 16.4. The number of hydrogen-bond acceptors (Lipinski definition) is 6. The molecule has 0 spiro atoms. The van der Waals surface area contributed by atoms with Gasteiger partial charge in [0, 0.05) is 43.8 Å². The standard InChI is InChI=1S/C15H20ClN3O4/c16-12-1-2-13(14(7-12)19(21)22)18-5-3-17(4-6-18)8-15(9-20)10-23-11-15/h1-2,7,20H,3-6,8-11H2. The molecule has 2 heterocycles. The molecule has 1 aromatic carbocycles. The van der Waals surface area contributed by atoms with Gasteiger partial charge < -0.3 is 14.7 Å². The van der Waals surface area contributed by atoms with Crippen LogP contribution in [0.2, 0.25) is 5.02 Å². The molecule has 0 aliphatic carbocycles. The minimum atomic E-state index is -0.389. The first-order valence-electron chi connectivity index (χ1n) is 7.63. The van der Waals surface area contributed by atoms with Crippen molar-refractivity contribution in [3.05, 3.63) is 33.3 Å². The predicted molar refractivity (Wildman–Crippen MR) is 87.1 cm³/mol. The van der Waals surface area contributed by atoms with E-state index >= 15 is 0 Å². The van der Waals surface area contributed by atoms with E-state index in [0.717, 1.165) is 19.6 Å². The summed E-state index contributed by atoms with van der Waals surface area (Å²) in [5, 5.41) is 21.1. The summed E-state index contributed by atoms with van der Waals surface area (Å²) in [6.45, 7) is 5.19. The Morgan fingerprint density at radius 1 is 1.30 bits per heavy atom. The average molecular weight is 342 g/mol. The summed E-state index contributed by atoms with van der Waals surface area (Å²) in [5.41, 5.74) is 0.530. The number of nitro groups is 1. The maximum absolute atomic E-state index is 11.2. The van der Waals surface area contributed by atoms with E-state index in [-0.39, 0.29) is 22.6 Å². The van der Waals surface area contributed by atoms with Crippen molar-refractivity contribution in [1.82, 2.24) is 4.90 Å². The van der Waals surface area contributed by atoms with Crippen molar-refractivity contribution < 1.29 is 14.8 Å². The molecule has 1 N–H and O–H groups in total. The van der Waals surface area contributed by atoms with Gasteiger partial charge in [0.05, 0.1) is 30.2 Å². The molecule has 23 heavy (non-hydrogen) atoms. The lowest BCUT2D eigenvalue weighted by Gasteiger charge is -2.45. The number of rotatable bonds is 5. The van der Waals surface area contributed by atoms with Gasteiger partial charge in [-0.15, -0.1) is 0 Å². The molecule has 2 aliphatic heterocycles. The van der Waals surface area contributed by atoms with Crippen LogP contribution in [0.1, 0.15) is 0 Å². The van der Waals surface area contributed by atoms with Crippen molar-refractivity contribution in [2.45, 2.75) is 0 Å². The second kappa shape index (κ2) is 6.60. The van der Waals surface area contributed by atoms with Gasteiger partial charge in [-0.2, -0.15) is 0 Å². The summed E-state index contributed by atoms with van der Waals surface area (Å²) >= 11 is 5.87. The van der Waals surface area contributed by atoms with E-state index in [1.54, 1.807) is 12.1 Å². The van der Waals surface area contributed by atoms with Crippen LogP contribution in [0.3, 0.4) is 0 Å². The lowest BCUT2D eigenvalue weighted by Crippen LogP contribution is -2.57. The van der Waals surface area contributed by atoms with Crippen molar-refractivity contribution >= 4 is 23.0 Å². The molecule has 0 atom stereocenters. The molecule has 3 rings (SSSR count). The maximum Gasteiger partial charge on any atom is 0.294 e. The summed E-state index contributed by atoms with van der Waals surface area (Å²) < 4.78 is 5.23. The fourth-order valence-electron chi connectivity index (χ4n) is 3.15. The third-order valence-corrected chi connectivity index (χ3v) is 4.79. The fourth-order valence-corrected chi connectivity index (χ4v) is 3.32. The summed E-state index contributed by atoms with van der Waals surface area (Å²) in [6, 6.07) is 4.80. The van der Waals surface area contributed by atoms with Gasteiger partial charge in [-0.05, 0) is 12.1 Å². The number of piperazine rings is 1. The molecule has 0 amide bonds. The zero-order valence-corrected chi connectivity index (χ0v) is 13.5. The maximum atomic E-state index is 11.2. The van der Waals surface area contributed by atoms with Gasteiger partial charge >= 0.3 is 0 Å². The predicted octanol–water partition coefficient (Wildman–Crippen LogP) is 1.38. The van der Waals surface area contributed by atoms with Gasteiger partial charge in [0.15, 0.2) is 0 Å².